The molecule has 0 aromatic rings. The molecule has 1 aliphatic rings. The molecule has 14 heavy (non-hydrogen) atoms. The van der Waals surface area contributed by atoms with Crippen molar-refractivity contribution in [1.82, 2.24) is 9.80 Å². The summed E-state index contributed by atoms with van der Waals surface area (Å²) in [6.07, 6.45) is 0. The summed E-state index contributed by atoms with van der Waals surface area (Å²) in [6, 6.07) is 0. The molecular weight excluding hydrogens is 182 g/mol. The van der Waals surface area contributed by atoms with Gasteiger partial charge in [-0.3, -0.25) is 14.5 Å². The highest BCUT2D eigenvalue weighted by atomic mass is 16.2. The predicted octanol–water partition coefficient (Wildman–Crippen LogP) is -0.976. The van der Waals surface area contributed by atoms with E-state index in [0.717, 1.165) is 0 Å². The average molecular weight is 199 g/mol. The van der Waals surface area contributed by atoms with Crippen molar-refractivity contribution in [2.45, 2.75) is 19.4 Å². The van der Waals surface area contributed by atoms with Gasteiger partial charge in [0, 0.05) is 20.1 Å². The minimum Gasteiger partial charge on any atom is -0.369 e. The van der Waals surface area contributed by atoms with Crippen LogP contribution in [0.2, 0.25) is 0 Å². The molecule has 1 rings (SSSR count). The summed E-state index contributed by atoms with van der Waals surface area (Å²) in [7, 11) is 1.77. The first-order valence-corrected chi connectivity index (χ1v) is 4.64. The van der Waals surface area contributed by atoms with Crippen LogP contribution in [0.25, 0.3) is 0 Å². The van der Waals surface area contributed by atoms with Crippen LogP contribution in [-0.4, -0.2) is 53.8 Å². The molecule has 0 saturated carbocycles. The SMILES string of the molecule is CN1CCN(CC(N)=O)C(C)(C)C1=O. The van der Waals surface area contributed by atoms with Crippen molar-refractivity contribution in [3.8, 4) is 0 Å². The van der Waals surface area contributed by atoms with E-state index in [9.17, 15) is 9.59 Å². The number of nitrogens with zero attached hydrogens (tertiary/aromatic N) is 2. The molecule has 5 nitrogen and oxygen atoms in total. The van der Waals surface area contributed by atoms with E-state index in [2.05, 4.69) is 0 Å². The van der Waals surface area contributed by atoms with Crippen LogP contribution in [0.1, 0.15) is 13.8 Å². The first-order chi connectivity index (χ1) is 6.35. The fourth-order valence-electron chi connectivity index (χ4n) is 1.72. The predicted molar refractivity (Wildman–Crippen MR) is 52.5 cm³/mol. The lowest BCUT2D eigenvalue weighted by molar-refractivity contribution is -0.148. The van der Waals surface area contributed by atoms with Crippen LogP contribution in [0.3, 0.4) is 0 Å². The Labute approximate surface area is 83.8 Å². The number of rotatable bonds is 2. The van der Waals surface area contributed by atoms with Crippen molar-refractivity contribution in [1.29, 1.82) is 0 Å². The molecule has 1 heterocycles. The van der Waals surface area contributed by atoms with Gasteiger partial charge in [0.1, 0.15) is 0 Å². The monoisotopic (exact) mass is 199 g/mol. The van der Waals surface area contributed by atoms with Gasteiger partial charge >= 0.3 is 0 Å². The van der Waals surface area contributed by atoms with Crippen molar-refractivity contribution in [2.24, 2.45) is 5.73 Å². The Hall–Kier alpha value is -1.10. The Balaban J connectivity index is 2.79. The van der Waals surface area contributed by atoms with Gasteiger partial charge < -0.3 is 10.6 Å². The van der Waals surface area contributed by atoms with Crippen LogP contribution in [0.4, 0.5) is 0 Å². The zero-order valence-corrected chi connectivity index (χ0v) is 8.91. The number of piperazine rings is 1. The normalized spacial score (nSPS) is 22.5. The molecule has 0 atom stereocenters. The minimum absolute atomic E-state index is 0.0324. The number of nitrogens with two attached hydrogens (primary N) is 1. The Morgan fingerprint density at radius 2 is 2.07 bits per heavy atom. The van der Waals surface area contributed by atoms with Gasteiger partial charge in [-0.2, -0.15) is 0 Å². The van der Waals surface area contributed by atoms with E-state index in [4.69, 9.17) is 5.73 Å². The van der Waals surface area contributed by atoms with E-state index >= 15 is 0 Å². The van der Waals surface area contributed by atoms with E-state index in [1.165, 1.54) is 0 Å². The van der Waals surface area contributed by atoms with E-state index in [1.54, 1.807) is 11.9 Å². The van der Waals surface area contributed by atoms with E-state index < -0.39 is 11.4 Å². The summed E-state index contributed by atoms with van der Waals surface area (Å²) in [4.78, 5) is 26.1. The number of likely N-dealkylation sites (N-methyl/N-ethyl adjacent to an activating group) is 1. The molecule has 1 aliphatic heterocycles. The lowest BCUT2D eigenvalue weighted by Gasteiger charge is -2.44. The maximum absolute atomic E-state index is 11.8. The highest BCUT2D eigenvalue weighted by Gasteiger charge is 2.40. The van der Waals surface area contributed by atoms with Crippen LogP contribution in [-0.2, 0) is 9.59 Å². The van der Waals surface area contributed by atoms with Gasteiger partial charge in [0.15, 0.2) is 0 Å². The largest absolute Gasteiger partial charge is 0.369 e. The van der Waals surface area contributed by atoms with Gasteiger partial charge in [0.25, 0.3) is 0 Å². The summed E-state index contributed by atoms with van der Waals surface area (Å²) in [5.74, 6) is -0.361. The quantitative estimate of drug-likeness (QED) is 0.622. The first kappa shape index (κ1) is 11.0. The van der Waals surface area contributed by atoms with Crippen molar-refractivity contribution >= 4 is 11.8 Å². The summed E-state index contributed by atoms with van der Waals surface area (Å²) in [5.41, 5.74) is 4.50. The third kappa shape index (κ3) is 1.87. The van der Waals surface area contributed by atoms with E-state index in [1.807, 2.05) is 18.7 Å². The molecule has 0 aromatic heterocycles. The summed E-state index contributed by atoms with van der Waals surface area (Å²) in [6.45, 7) is 5.11. The maximum Gasteiger partial charge on any atom is 0.242 e. The molecule has 0 radical (unpaired) electrons. The Morgan fingerprint density at radius 1 is 1.50 bits per heavy atom. The van der Waals surface area contributed by atoms with Gasteiger partial charge in [-0.1, -0.05) is 0 Å². The number of hydrogen-bond donors (Lipinski definition) is 1. The minimum atomic E-state index is -0.623. The highest BCUT2D eigenvalue weighted by molar-refractivity contribution is 5.87. The molecule has 0 spiro atoms. The lowest BCUT2D eigenvalue weighted by atomic mass is 9.98. The Bertz CT molecular complexity index is 263. The van der Waals surface area contributed by atoms with Crippen LogP contribution in [0.5, 0.6) is 0 Å². The molecular formula is C9H17N3O2. The molecule has 5 heteroatoms. The van der Waals surface area contributed by atoms with Crippen molar-refractivity contribution in [2.75, 3.05) is 26.7 Å². The number of amides is 2. The maximum atomic E-state index is 11.8. The summed E-state index contributed by atoms with van der Waals surface area (Å²) < 4.78 is 0. The standard InChI is InChI=1S/C9H17N3O2/c1-9(2)8(14)11(3)4-5-12(9)6-7(10)13/h4-6H2,1-3H3,(H2,10,13). The van der Waals surface area contributed by atoms with E-state index in [-0.39, 0.29) is 12.5 Å². The second-order valence-electron chi connectivity index (χ2n) is 4.17. The van der Waals surface area contributed by atoms with Crippen molar-refractivity contribution in [3.05, 3.63) is 0 Å². The summed E-state index contributed by atoms with van der Waals surface area (Å²) >= 11 is 0. The third-order valence-electron chi connectivity index (χ3n) is 2.71. The second kappa shape index (κ2) is 3.57. The highest BCUT2D eigenvalue weighted by Crippen LogP contribution is 2.20. The molecule has 2 amide bonds. The van der Waals surface area contributed by atoms with Crippen LogP contribution in [0.15, 0.2) is 0 Å². The molecule has 0 aliphatic carbocycles. The second-order valence-corrected chi connectivity index (χ2v) is 4.17. The Kier molecular flexibility index (Phi) is 2.80. The van der Waals surface area contributed by atoms with Crippen LogP contribution >= 0.6 is 0 Å². The first-order valence-electron chi connectivity index (χ1n) is 4.64. The molecule has 1 fully saturated rings. The summed E-state index contributed by atoms with van der Waals surface area (Å²) in [5, 5.41) is 0. The van der Waals surface area contributed by atoms with Gasteiger partial charge in [0.2, 0.25) is 11.8 Å². The average Bonchev–Trinajstić information content (AvgIpc) is 2.07. The van der Waals surface area contributed by atoms with Crippen molar-refractivity contribution in [3.63, 3.8) is 0 Å². The smallest absolute Gasteiger partial charge is 0.242 e. The molecule has 0 bridgehead atoms. The van der Waals surface area contributed by atoms with Gasteiger partial charge in [0.05, 0.1) is 12.1 Å². The van der Waals surface area contributed by atoms with Crippen molar-refractivity contribution < 1.29 is 9.59 Å². The molecule has 2 N–H and O–H groups in total. The zero-order valence-electron chi connectivity index (χ0n) is 8.91. The number of primary amides is 1. The van der Waals surface area contributed by atoms with E-state index in [0.29, 0.717) is 13.1 Å². The van der Waals surface area contributed by atoms with Gasteiger partial charge in [-0.15, -0.1) is 0 Å². The van der Waals surface area contributed by atoms with Gasteiger partial charge in [-0.05, 0) is 13.8 Å². The molecule has 0 unspecified atom stereocenters. The number of carbonyl (C=O) groups excluding carboxylic acids is 2. The molecule has 80 valence electrons. The Morgan fingerprint density at radius 3 is 2.57 bits per heavy atom. The topological polar surface area (TPSA) is 66.6 Å². The molecule has 1 saturated heterocycles. The van der Waals surface area contributed by atoms with Crippen LogP contribution < -0.4 is 5.73 Å². The fourth-order valence-corrected chi connectivity index (χ4v) is 1.72. The number of hydrogen-bond acceptors (Lipinski definition) is 3. The zero-order chi connectivity index (χ0) is 10.9. The number of carbonyl (C=O) groups is 2. The van der Waals surface area contributed by atoms with Gasteiger partial charge in [-0.25, -0.2) is 0 Å². The van der Waals surface area contributed by atoms with Crippen LogP contribution in [0, 0.1) is 0 Å². The fraction of sp³-hybridized carbons (Fsp3) is 0.778. The molecule has 0 aromatic carbocycles. The lowest BCUT2D eigenvalue weighted by Crippen LogP contribution is -2.63. The third-order valence-corrected chi connectivity index (χ3v) is 2.71.